The number of nitrogens with zero attached hydrogens (tertiary/aromatic N) is 2. The van der Waals surface area contributed by atoms with Crippen LogP contribution in [0.4, 0.5) is 4.79 Å². The number of aromatic amines is 1. The van der Waals surface area contributed by atoms with Gasteiger partial charge in [0.05, 0.1) is 17.4 Å². The molecule has 3 aromatic rings. The molecule has 0 aliphatic carbocycles. The van der Waals surface area contributed by atoms with Crippen LogP contribution in [0, 0.1) is 0 Å². The van der Waals surface area contributed by atoms with Crippen LogP contribution in [-0.4, -0.2) is 45.1 Å². The zero-order chi connectivity index (χ0) is 24.0. The number of ether oxygens (including phenoxy) is 1. The summed E-state index contributed by atoms with van der Waals surface area (Å²) < 4.78 is 5.37. The van der Waals surface area contributed by atoms with E-state index in [-0.39, 0.29) is 18.0 Å². The molecule has 1 heterocycles. The number of carbonyl (C=O) groups is 2. The van der Waals surface area contributed by atoms with Crippen molar-refractivity contribution in [2.45, 2.75) is 52.3 Å². The minimum absolute atomic E-state index is 0.108. The van der Waals surface area contributed by atoms with E-state index in [0.717, 1.165) is 5.56 Å². The SMILES string of the molecule is CCN(Cc1nc2ccccc2c(=O)[nH]1)C(=O)C(Cc1ccccc1)NC(=O)OC(C)(C)C. The number of amides is 2. The number of likely N-dealkylation sites (N-methyl/N-ethyl adjacent to an activating group) is 1. The molecule has 0 bridgehead atoms. The summed E-state index contributed by atoms with van der Waals surface area (Å²) in [6.07, 6.45) is -0.359. The zero-order valence-electron chi connectivity index (χ0n) is 19.4. The predicted molar refractivity (Wildman–Crippen MR) is 127 cm³/mol. The Hall–Kier alpha value is -3.68. The zero-order valence-corrected chi connectivity index (χ0v) is 19.4. The van der Waals surface area contributed by atoms with Crippen LogP contribution < -0.4 is 10.9 Å². The molecule has 3 rings (SSSR count). The van der Waals surface area contributed by atoms with Gasteiger partial charge < -0.3 is 19.9 Å². The number of fused-ring (bicyclic) bond motifs is 1. The number of rotatable bonds is 7. The van der Waals surface area contributed by atoms with Gasteiger partial charge in [-0.1, -0.05) is 42.5 Å². The predicted octanol–water partition coefficient (Wildman–Crippen LogP) is 3.41. The average Bonchev–Trinajstić information content (AvgIpc) is 2.76. The molecule has 8 nitrogen and oxygen atoms in total. The maximum atomic E-state index is 13.5. The number of nitrogens with one attached hydrogen (secondary N) is 2. The first-order chi connectivity index (χ1) is 15.7. The Balaban J connectivity index is 1.84. The maximum Gasteiger partial charge on any atom is 0.408 e. The van der Waals surface area contributed by atoms with Crippen LogP contribution in [0.2, 0.25) is 0 Å². The van der Waals surface area contributed by atoms with Crippen molar-refractivity contribution in [1.29, 1.82) is 0 Å². The lowest BCUT2D eigenvalue weighted by molar-refractivity contribution is -0.134. The number of para-hydroxylation sites is 1. The quantitative estimate of drug-likeness (QED) is 0.574. The van der Waals surface area contributed by atoms with Crippen LogP contribution in [0.15, 0.2) is 59.4 Å². The van der Waals surface area contributed by atoms with Crippen molar-refractivity contribution in [3.63, 3.8) is 0 Å². The van der Waals surface area contributed by atoms with E-state index in [1.54, 1.807) is 43.9 Å². The summed E-state index contributed by atoms with van der Waals surface area (Å²) in [6, 6.07) is 15.7. The van der Waals surface area contributed by atoms with Crippen molar-refractivity contribution in [3.05, 3.63) is 76.3 Å². The number of benzene rings is 2. The van der Waals surface area contributed by atoms with Gasteiger partial charge in [-0.3, -0.25) is 9.59 Å². The van der Waals surface area contributed by atoms with Crippen molar-refractivity contribution >= 4 is 22.9 Å². The molecule has 1 atom stereocenters. The third-order valence-electron chi connectivity index (χ3n) is 4.97. The molecule has 8 heteroatoms. The van der Waals surface area contributed by atoms with Gasteiger partial charge in [-0.25, -0.2) is 9.78 Å². The number of hydrogen-bond acceptors (Lipinski definition) is 5. The smallest absolute Gasteiger partial charge is 0.408 e. The summed E-state index contributed by atoms with van der Waals surface area (Å²) >= 11 is 0. The van der Waals surface area contributed by atoms with Gasteiger partial charge in [0.1, 0.15) is 17.5 Å². The van der Waals surface area contributed by atoms with Gasteiger partial charge in [-0.15, -0.1) is 0 Å². The molecule has 0 saturated carbocycles. The van der Waals surface area contributed by atoms with Gasteiger partial charge in [0.15, 0.2) is 0 Å². The van der Waals surface area contributed by atoms with Crippen LogP contribution in [0.25, 0.3) is 10.9 Å². The average molecular weight is 451 g/mol. The second-order valence-corrected chi connectivity index (χ2v) is 8.77. The molecule has 174 valence electrons. The molecule has 0 aliphatic rings. The lowest BCUT2D eigenvalue weighted by atomic mass is 10.0. The van der Waals surface area contributed by atoms with E-state index in [0.29, 0.717) is 29.7 Å². The molecule has 2 aromatic carbocycles. The first-order valence-corrected chi connectivity index (χ1v) is 11.0. The fourth-order valence-corrected chi connectivity index (χ4v) is 3.46. The fraction of sp³-hybridized carbons (Fsp3) is 0.360. The van der Waals surface area contributed by atoms with E-state index < -0.39 is 17.7 Å². The molecule has 1 unspecified atom stereocenters. The third-order valence-corrected chi connectivity index (χ3v) is 4.97. The topological polar surface area (TPSA) is 104 Å². The summed E-state index contributed by atoms with van der Waals surface area (Å²) in [5.41, 5.74) is 0.517. The van der Waals surface area contributed by atoms with E-state index in [1.165, 1.54) is 0 Å². The Kier molecular flexibility index (Phi) is 7.48. The normalized spacial score (nSPS) is 12.2. The molecule has 0 aliphatic heterocycles. The number of hydrogen-bond donors (Lipinski definition) is 2. The molecular weight excluding hydrogens is 420 g/mol. The lowest BCUT2D eigenvalue weighted by Crippen LogP contribution is -2.50. The highest BCUT2D eigenvalue weighted by molar-refractivity contribution is 5.86. The minimum Gasteiger partial charge on any atom is -0.444 e. The van der Waals surface area contributed by atoms with Crippen LogP contribution in [0.3, 0.4) is 0 Å². The standard InChI is InChI=1S/C25H30N4O4/c1-5-29(16-21-26-19-14-10-9-13-18(19)22(30)28-21)23(31)20(15-17-11-7-6-8-12-17)27-24(32)33-25(2,3)4/h6-14,20H,5,15-16H2,1-4H3,(H,27,32)(H,26,28,30). The Morgan fingerprint density at radius 2 is 1.76 bits per heavy atom. The highest BCUT2D eigenvalue weighted by Crippen LogP contribution is 2.12. The van der Waals surface area contributed by atoms with E-state index in [4.69, 9.17) is 4.74 Å². The second-order valence-electron chi connectivity index (χ2n) is 8.77. The third kappa shape index (κ3) is 6.65. The highest BCUT2D eigenvalue weighted by atomic mass is 16.6. The summed E-state index contributed by atoms with van der Waals surface area (Å²) in [4.78, 5) is 47.2. The summed E-state index contributed by atoms with van der Waals surface area (Å²) in [7, 11) is 0. The van der Waals surface area contributed by atoms with Crippen molar-refractivity contribution in [2.75, 3.05) is 6.54 Å². The van der Waals surface area contributed by atoms with E-state index in [1.807, 2.05) is 43.3 Å². The number of H-pyrrole nitrogens is 1. The summed E-state index contributed by atoms with van der Waals surface area (Å²) in [5, 5.41) is 3.21. The van der Waals surface area contributed by atoms with Crippen LogP contribution in [0.5, 0.6) is 0 Å². The van der Waals surface area contributed by atoms with Gasteiger partial charge in [0.25, 0.3) is 5.56 Å². The maximum absolute atomic E-state index is 13.5. The van der Waals surface area contributed by atoms with Crippen LogP contribution in [0.1, 0.15) is 39.1 Å². The van der Waals surface area contributed by atoms with Crippen molar-refractivity contribution in [1.82, 2.24) is 20.2 Å². The molecule has 1 aromatic heterocycles. The van der Waals surface area contributed by atoms with E-state index in [2.05, 4.69) is 15.3 Å². The van der Waals surface area contributed by atoms with Crippen LogP contribution >= 0.6 is 0 Å². The lowest BCUT2D eigenvalue weighted by Gasteiger charge is -2.28. The van der Waals surface area contributed by atoms with Gasteiger partial charge >= 0.3 is 6.09 Å². The summed E-state index contributed by atoms with van der Waals surface area (Å²) in [5.74, 6) is 0.0904. The van der Waals surface area contributed by atoms with Crippen molar-refractivity contribution < 1.29 is 14.3 Å². The molecule has 0 fully saturated rings. The Morgan fingerprint density at radius 1 is 1.09 bits per heavy atom. The Bertz CT molecular complexity index is 1170. The van der Waals surface area contributed by atoms with Gasteiger partial charge in [0, 0.05) is 13.0 Å². The molecule has 33 heavy (non-hydrogen) atoms. The van der Waals surface area contributed by atoms with Crippen molar-refractivity contribution in [2.24, 2.45) is 0 Å². The number of aromatic nitrogens is 2. The van der Waals surface area contributed by atoms with Gasteiger partial charge in [0.2, 0.25) is 5.91 Å². The number of alkyl carbamates (subject to hydrolysis) is 1. The van der Waals surface area contributed by atoms with E-state index >= 15 is 0 Å². The molecular formula is C25H30N4O4. The molecule has 2 amide bonds. The molecule has 0 spiro atoms. The van der Waals surface area contributed by atoms with E-state index in [9.17, 15) is 14.4 Å². The first kappa shape index (κ1) is 24.0. The molecule has 2 N–H and O–H groups in total. The highest BCUT2D eigenvalue weighted by Gasteiger charge is 2.28. The molecule has 0 saturated heterocycles. The second kappa shape index (κ2) is 10.3. The minimum atomic E-state index is -0.839. The largest absolute Gasteiger partial charge is 0.444 e. The van der Waals surface area contributed by atoms with Gasteiger partial charge in [-0.2, -0.15) is 0 Å². The summed E-state index contributed by atoms with van der Waals surface area (Å²) in [6.45, 7) is 7.61. The van der Waals surface area contributed by atoms with Gasteiger partial charge in [-0.05, 0) is 45.4 Å². The Morgan fingerprint density at radius 3 is 2.42 bits per heavy atom. The molecule has 0 radical (unpaired) electrons. The van der Waals surface area contributed by atoms with Crippen LogP contribution in [-0.2, 0) is 22.5 Å². The van der Waals surface area contributed by atoms with Crippen molar-refractivity contribution in [3.8, 4) is 0 Å². The first-order valence-electron chi connectivity index (χ1n) is 11.0. The monoisotopic (exact) mass is 450 g/mol. The fourth-order valence-electron chi connectivity index (χ4n) is 3.46. The Labute approximate surface area is 193 Å². The number of carbonyl (C=O) groups excluding carboxylic acids is 2.